The second-order valence-electron chi connectivity index (χ2n) is 6.94. The minimum Gasteiger partial charge on any atom is -0.396 e. The Morgan fingerprint density at radius 1 is 1.35 bits per heavy atom. The molecule has 0 aliphatic heterocycles. The van der Waals surface area contributed by atoms with Crippen molar-refractivity contribution >= 4 is 6.03 Å². The number of carbonyl (C=O) groups excluding carboxylic acids is 1. The summed E-state index contributed by atoms with van der Waals surface area (Å²) in [6.45, 7) is 9.51. The normalized spacial score (nSPS) is 21.8. The molecule has 0 bridgehead atoms. The Hall–Kier alpha value is -0.770. The lowest BCUT2D eigenvalue weighted by molar-refractivity contribution is 0.161. The Balaban J connectivity index is 2.46. The molecule has 1 atom stereocenters. The van der Waals surface area contributed by atoms with Crippen molar-refractivity contribution in [1.29, 1.82) is 0 Å². The van der Waals surface area contributed by atoms with Gasteiger partial charge in [0.05, 0.1) is 0 Å². The van der Waals surface area contributed by atoms with Gasteiger partial charge < -0.3 is 15.7 Å². The number of carbonyl (C=O) groups is 1. The molecule has 1 fully saturated rings. The van der Waals surface area contributed by atoms with Gasteiger partial charge in [0, 0.05) is 19.2 Å². The highest BCUT2D eigenvalue weighted by molar-refractivity contribution is 5.74. The lowest BCUT2D eigenvalue weighted by Gasteiger charge is -2.32. The highest BCUT2D eigenvalue weighted by Gasteiger charge is 2.35. The minimum atomic E-state index is -0.0609. The van der Waals surface area contributed by atoms with E-state index >= 15 is 0 Å². The first-order valence-corrected chi connectivity index (χ1v) is 8.04. The largest absolute Gasteiger partial charge is 0.396 e. The maximum Gasteiger partial charge on any atom is 0.315 e. The van der Waals surface area contributed by atoms with Crippen LogP contribution in [0, 0.1) is 10.8 Å². The summed E-state index contributed by atoms with van der Waals surface area (Å²) in [4.78, 5) is 12.1. The molecule has 0 aromatic rings. The van der Waals surface area contributed by atoms with Crippen LogP contribution >= 0.6 is 0 Å². The topological polar surface area (TPSA) is 61.4 Å². The average Bonchev–Trinajstić information content (AvgIpc) is 2.74. The molecule has 0 radical (unpaired) electrons. The van der Waals surface area contributed by atoms with Crippen LogP contribution < -0.4 is 10.6 Å². The van der Waals surface area contributed by atoms with Crippen molar-refractivity contribution < 1.29 is 9.90 Å². The zero-order valence-corrected chi connectivity index (χ0v) is 13.6. The van der Waals surface area contributed by atoms with E-state index < -0.39 is 0 Å². The van der Waals surface area contributed by atoms with Gasteiger partial charge in [0.2, 0.25) is 0 Å². The van der Waals surface area contributed by atoms with Crippen molar-refractivity contribution in [3.05, 3.63) is 0 Å². The van der Waals surface area contributed by atoms with Crippen LogP contribution in [0.5, 0.6) is 0 Å². The van der Waals surface area contributed by atoms with Crippen molar-refractivity contribution in [1.82, 2.24) is 10.6 Å². The van der Waals surface area contributed by atoms with Crippen LogP contribution in [0.4, 0.5) is 4.79 Å². The van der Waals surface area contributed by atoms with Crippen molar-refractivity contribution in [3.63, 3.8) is 0 Å². The molecule has 1 saturated carbocycles. The number of hydrogen-bond donors (Lipinski definition) is 3. The molecular weight excluding hydrogens is 252 g/mol. The minimum absolute atomic E-state index is 0.0251. The van der Waals surface area contributed by atoms with Crippen LogP contribution in [-0.2, 0) is 0 Å². The van der Waals surface area contributed by atoms with Crippen molar-refractivity contribution in [3.8, 4) is 0 Å². The predicted octanol–water partition coefficient (Wildman–Crippen LogP) is 3.05. The molecule has 0 saturated heterocycles. The van der Waals surface area contributed by atoms with E-state index in [-0.39, 0.29) is 29.5 Å². The third kappa shape index (κ3) is 4.37. The van der Waals surface area contributed by atoms with E-state index in [1.54, 1.807) is 0 Å². The van der Waals surface area contributed by atoms with Gasteiger partial charge in [0.25, 0.3) is 0 Å². The molecule has 4 nitrogen and oxygen atoms in total. The van der Waals surface area contributed by atoms with Crippen LogP contribution in [0.1, 0.15) is 66.2 Å². The molecule has 0 aromatic heterocycles. The summed E-state index contributed by atoms with van der Waals surface area (Å²) < 4.78 is 0. The first-order valence-electron chi connectivity index (χ1n) is 8.04. The van der Waals surface area contributed by atoms with E-state index in [0.29, 0.717) is 6.54 Å². The van der Waals surface area contributed by atoms with Crippen molar-refractivity contribution in [2.45, 2.75) is 72.3 Å². The van der Waals surface area contributed by atoms with Gasteiger partial charge in [-0.25, -0.2) is 4.79 Å². The summed E-state index contributed by atoms with van der Waals surface area (Å²) in [5.41, 5.74) is 0.228. The monoisotopic (exact) mass is 284 g/mol. The van der Waals surface area contributed by atoms with E-state index in [0.717, 1.165) is 25.7 Å². The SMILES string of the molecule is CCC(CC)(CCO)CNC(=O)NC1CCCC1(C)C. The zero-order chi connectivity index (χ0) is 15.2. The molecule has 1 unspecified atom stereocenters. The van der Waals surface area contributed by atoms with Gasteiger partial charge in [-0.15, -0.1) is 0 Å². The number of aliphatic hydroxyl groups is 1. The molecule has 0 heterocycles. The fraction of sp³-hybridized carbons (Fsp3) is 0.938. The van der Waals surface area contributed by atoms with E-state index in [1.165, 1.54) is 12.8 Å². The van der Waals surface area contributed by atoms with Crippen LogP contribution in [0.3, 0.4) is 0 Å². The molecule has 1 rings (SSSR count). The van der Waals surface area contributed by atoms with E-state index in [4.69, 9.17) is 0 Å². The Bertz CT molecular complexity index is 312. The Morgan fingerprint density at radius 3 is 2.45 bits per heavy atom. The molecule has 1 aliphatic carbocycles. The highest BCUT2D eigenvalue weighted by Crippen LogP contribution is 2.37. The number of aliphatic hydroxyl groups excluding tert-OH is 1. The second-order valence-corrected chi connectivity index (χ2v) is 6.94. The fourth-order valence-electron chi connectivity index (χ4n) is 3.25. The molecule has 4 heteroatoms. The Kier molecular flexibility index (Phi) is 6.31. The summed E-state index contributed by atoms with van der Waals surface area (Å²) >= 11 is 0. The van der Waals surface area contributed by atoms with Gasteiger partial charge in [-0.1, -0.05) is 34.1 Å². The van der Waals surface area contributed by atoms with Crippen molar-refractivity contribution in [2.75, 3.05) is 13.2 Å². The number of amides is 2. The average molecular weight is 284 g/mol. The van der Waals surface area contributed by atoms with E-state index in [9.17, 15) is 9.90 Å². The van der Waals surface area contributed by atoms with Crippen LogP contribution in [0.2, 0.25) is 0 Å². The Morgan fingerprint density at radius 2 is 2.00 bits per heavy atom. The quantitative estimate of drug-likeness (QED) is 0.673. The summed E-state index contributed by atoms with van der Waals surface area (Å²) in [6, 6.07) is 0.215. The van der Waals surface area contributed by atoms with E-state index in [1.807, 2.05) is 0 Å². The summed E-state index contributed by atoms with van der Waals surface area (Å²) in [6.07, 6.45) is 6.13. The number of urea groups is 1. The smallest absolute Gasteiger partial charge is 0.315 e. The first-order chi connectivity index (χ1) is 9.39. The first kappa shape index (κ1) is 17.3. The lowest BCUT2D eigenvalue weighted by atomic mass is 9.79. The van der Waals surface area contributed by atoms with Gasteiger partial charge in [0.15, 0.2) is 0 Å². The molecule has 0 spiro atoms. The van der Waals surface area contributed by atoms with Crippen LogP contribution in [0.25, 0.3) is 0 Å². The Labute approximate surface area is 123 Å². The van der Waals surface area contributed by atoms with Crippen LogP contribution in [0.15, 0.2) is 0 Å². The summed E-state index contributed by atoms with van der Waals surface area (Å²) in [5, 5.41) is 15.3. The van der Waals surface area contributed by atoms with Crippen molar-refractivity contribution in [2.24, 2.45) is 10.8 Å². The lowest BCUT2D eigenvalue weighted by Crippen LogP contribution is -2.49. The predicted molar refractivity (Wildman–Crippen MR) is 82.7 cm³/mol. The van der Waals surface area contributed by atoms with E-state index in [2.05, 4.69) is 38.3 Å². The molecule has 118 valence electrons. The second kappa shape index (κ2) is 7.30. The van der Waals surface area contributed by atoms with Gasteiger partial charge >= 0.3 is 6.03 Å². The summed E-state index contributed by atoms with van der Waals surface area (Å²) in [7, 11) is 0. The summed E-state index contributed by atoms with van der Waals surface area (Å²) in [5.74, 6) is 0. The molecule has 20 heavy (non-hydrogen) atoms. The number of nitrogens with one attached hydrogen (secondary N) is 2. The van der Waals surface area contributed by atoms with Crippen LogP contribution in [-0.4, -0.2) is 30.3 Å². The standard InChI is InChI=1S/C16H32N2O2/c1-5-16(6-2,10-11-19)12-17-14(20)18-13-8-7-9-15(13,3)4/h13,19H,5-12H2,1-4H3,(H2,17,18,20). The molecule has 2 amide bonds. The zero-order valence-electron chi connectivity index (χ0n) is 13.6. The third-order valence-corrected chi connectivity index (χ3v) is 5.33. The maximum absolute atomic E-state index is 12.1. The maximum atomic E-state index is 12.1. The van der Waals surface area contributed by atoms with Gasteiger partial charge in [-0.05, 0) is 42.9 Å². The molecular formula is C16H32N2O2. The highest BCUT2D eigenvalue weighted by atomic mass is 16.3. The van der Waals surface area contributed by atoms with Gasteiger partial charge in [-0.2, -0.15) is 0 Å². The fourth-order valence-corrected chi connectivity index (χ4v) is 3.25. The van der Waals surface area contributed by atoms with Gasteiger partial charge in [-0.3, -0.25) is 0 Å². The third-order valence-electron chi connectivity index (χ3n) is 5.33. The molecule has 0 aromatic carbocycles. The molecule has 1 aliphatic rings. The molecule has 3 N–H and O–H groups in total. The van der Waals surface area contributed by atoms with Gasteiger partial charge in [0.1, 0.15) is 0 Å². The number of hydrogen-bond acceptors (Lipinski definition) is 2. The number of rotatable bonds is 7.